The van der Waals surface area contributed by atoms with Crippen molar-refractivity contribution in [2.75, 3.05) is 13.1 Å². The number of aromatic nitrogens is 2. The van der Waals surface area contributed by atoms with E-state index in [1.165, 1.54) is 37.1 Å². The maximum atomic E-state index is 6.22. The molecule has 1 heterocycles. The van der Waals surface area contributed by atoms with Gasteiger partial charge in [0.15, 0.2) is 0 Å². The van der Waals surface area contributed by atoms with E-state index >= 15 is 0 Å². The van der Waals surface area contributed by atoms with Crippen LogP contribution in [-0.2, 0) is 20.0 Å². The van der Waals surface area contributed by atoms with Crippen molar-refractivity contribution in [3.63, 3.8) is 0 Å². The molecule has 0 aromatic carbocycles. The lowest BCUT2D eigenvalue weighted by Crippen LogP contribution is -2.55. The monoisotopic (exact) mass is 292 g/mol. The summed E-state index contributed by atoms with van der Waals surface area (Å²) in [7, 11) is 2.06. The molecule has 0 radical (unpaired) electrons. The molecule has 0 spiro atoms. The van der Waals surface area contributed by atoms with Crippen molar-refractivity contribution in [2.45, 2.75) is 65.0 Å². The third-order valence-electron chi connectivity index (χ3n) is 5.38. The summed E-state index contributed by atoms with van der Waals surface area (Å²) < 4.78 is 2.04. The Morgan fingerprint density at radius 3 is 2.52 bits per heavy atom. The van der Waals surface area contributed by atoms with Crippen LogP contribution in [0, 0.1) is 5.92 Å². The van der Waals surface area contributed by atoms with E-state index in [2.05, 4.69) is 43.9 Å². The zero-order valence-electron chi connectivity index (χ0n) is 14.2. The lowest BCUT2D eigenvalue weighted by Gasteiger charge is -2.47. The number of aryl methyl sites for hydroxylation is 2. The van der Waals surface area contributed by atoms with Crippen LogP contribution in [0.1, 0.15) is 57.8 Å². The molecule has 2 N–H and O–H groups in total. The van der Waals surface area contributed by atoms with Gasteiger partial charge in [-0.15, -0.1) is 0 Å². The molecule has 1 aliphatic carbocycles. The summed E-state index contributed by atoms with van der Waals surface area (Å²) in [5.41, 5.74) is 8.90. The van der Waals surface area contributed by atoms with Crippen LogP contribution in [0.2, 0.25) is 0 Å². The minimum absolute atomic E-state index is 0.192. The van der Waals surface area contributed by atoms with E-state index in [1.54, 1.807) is 0 Å². The molecular formula is C17H32N4. The van der Waals surface area contributed by atoms with Gasteiger partial charge < -0.3 is 5.73 Å². The Morgan fingerprint density at radius 2 is 2.05 bits per heavy atom. The van der Waals surface area contributed by atoms with Gasteiger partial charge in [0.1, 0.15) is 0 Å². The molecule has 0 aliphatic heterocycles. The molecule has 1 aromatic rings. The Balaban J connectivity index is 2.15. The van der Waals surface area contributed by atoms with Crippen LogP contribution in [0.5, 0.6) is 0 Å². The zero-order chi connectivity index (χ0) is 15.5. The van der Waals surface area contributed by atoms with Crippen molar-refractivity contribution >= 4 is 0 Å². The van der Waals surface area contributed by atoms with Gasteiger partial charge in [-0.2, -0.15) is 5.10 Å². The van der Waals surface area contributed by atoms with Crippen LogP contribution in [-0.4, -0.2) is 33.3 Å². The molecule has 4 heteroatoms. The van der Waals surface area contributed by atoms with E-state index in [1.807, 2.05) is 4.68 Å². The molecule has 21 heavy (non-hydrogen) atoms. The predicted molar refractivity (Wildman–Crippen MR) is 88.1 cm³/mol. The molecule has 4 nitrogen and oxygen atoms in total. The molecule has 0 saturated heterocycles. The second-order valence-corrected chi connectivity index (χ2v) is 6.73. The van der Waals surface area contributed by atoms with Gasteiger partial charge in [0.05, 0.1) is 11.4 Å². The molecule has 0 atom stereocenters. The highest BCUT2D eigenvalue weighted by atomic mass is 15.3. The number of rotatable bonds is 6. The van der Waals surface area contributed by atoms with E-state index in [-0.39, 0.29) is 5.54 Å². The summed E-state index contributed by atoms with van der Waals surface area (Å²) in [5, 5.41) is 4.58. The highest BCUT2D eigenvalue weighted by molar-refractivity contribution is 5.11. The first-order valence-electron chi connectivity index (χ1n) is 8.51. The average molecular weight is 292 g/mol. The smallest absolute Gasteiger partial charge is 0.0625 e. The first kappa shape index (κ1) is 16.5. The summed E-state index contributed by atoms with van der Waals surface area (Å²) in [4.78, 5) is 2.59. The van der Waals surface area contributed by atoms with Gasteiger partial charge in [-0.05, 0) is 50.6 Å². The van der Waals surface area contributed by atoms with Gasteiger partial charge in [0, 0.05) is 25.7 Å². The van der Waals surface area contributed by atoms with Crippen LogP contribution in [0.4, 0.5) is 0 Å². The molecule has 1 aromatic heterocycles. The fourth-order valence-corrected chi connectivity index (χ4v) is 3.65. The van der Waals surface area contributed by atoms with Gasteiger partial charge in [-0.3, -0.25) is 9.58 Å². The quantitative estimate of drug-likeness (QED) is 0.877. The van der Waals surface area contributed by atoms with Crippen LogP contribution in [0.15, 0.2) is 6.07 Å². The van der Waals surface area contributed by atoms with Gasteiger partial charge in [-0.1, -0.05) is 20.8 Å². The SMILES string of the molecule is CCc1cc(CN(CC)C2(CN)CCC(C)CC2)n(C)n1. The van der Waals surface area contributed by atoms with E-state index < -0.39 is 0 Å². The Kier molecular flexibility index (Phi) is 5.44. The fourth-order valence-electron chi connectivity index (χ4n) is 3.65. The summed E-state index contributed by atoms with van der Waals surface area (Å²) in [5.74, 6) is 0.853. The maximum absolute atomic E-state index is 6.22. The summed E-state index contributed by atoms with van der Waals surface area (Å²) in [6, 6.07) is 2.25. The topological polar surface area (TPSA) is 47.1 Å². The van der Waals surface area contributed by atoms with Crippen molar-refractivity contribution in [1.82, 2.24) is 14.7 Å². The third-order valence-corrected chi connectivity index (χ3v) is 5.38. The minimum Gasteiger partial charge on any atom is -0.329 e. The molecule has 1 aliphatic rings. The molecule has 1 saturated carbocycles. The minimum atomic E-state index is 0.192. The van der Waals surface area contributed by atoms with E-state index in [0.29, 0.717) is 0 Å². The average Bonchev–Trinajstić information content (AvgIpc) is 2.86. The first-order chi connectivity index (χ1) is 10.0. The van der Waals surface area contributed by atoms with Crippen molar-refractivity contribution in [2.24, 2.45) is 18.7 Å². The summed E-state index contributed by atoms with van der Waals surface area (Å²) in [6.07, 6.45) is 6.08. The zero-order valence-corrected chi connectivity index (χ0v) is 14.2. The third kappa shape index (κ3) is 3.49. The van der Waals surface area contributed by atoms with Crippen molar-refractivity contribution < 1.29 is 0 Å². The Bertz CT molecular complexity index is 444. The van der Waals surface area contributed by atoms with Gasteiger partial charge in [0.2, 0.25) is 0 Å². The highest BCUT2D eigenvalue weighted by Crippen LogP contribution is 2.36. The van der Waals surface area contributed by atoms with E-state index in [0.717, 1.165) is 32.0 Å². The predicted octanol–water partition coefficient (Wildman–Crippen LogP) is 2.71. The number of nitrogens with two attached hydrogens (primary N) is 1. The largest absolute Gasteiger partial charge is 0.329 e. The molecule has 0 bridgehead atoms. The summed E-state index contributed by atoms with van der Waals surface area (Å²) >= 11 is 0. The van der Waals surface area contributed by atoms with Crippen molar-refractivity contribution in [3.8, 4) is 0 Å². The van der Waals surface area contributed by atoms with E-state index in [9.17, 15) is 0 Å². The Labute approximate surface area is 129 Å². The molecule has 2 rings (SSSR count). The van der Waals surface area contributed by atoms with Crippen molar-refractivity contribution in [1.29, 1.82) is 0 Å². The molecule has 120 valence electrons. The van der Waals surface area contributed by atoms with Gasteiger partial charge in [0.25, 0.3) is 0 Å². The molecule has 0 amide bonds. The lowest BCUT2D eigenvalue weighted by molar-refractivity contribution is 0.0405. The van der Waals surface area contributed by atoms with Crippen LogP contribution >= 0.6 is 0 Å². The fraction of sp³-hybridized carbons (Fsp3) is 0.824. The second-order valence-electron chi connectivity index (χ2n) is 6.73. The number of hydrogen-bond acceptors (Lipinski definition) is 3. The molecular weight excluding hydrogens is 260 g/mol. The van der Waals surface area contributed by atoms with Gasteiger partial charge >= 0.3 is 0 Å². The Hall–Kier alpha value is -0.870. The first-order valence-corrected chi connectivity index (χ1v) is 8.51. The van der Waals surface area contributed by atoms with E-state index in [4.69, 9.17) is 5.73 Å². The summed E-state index contributed by atoms with van der Waals surface area (Å²) in [6.45, 7) is 9.57. The maximum Gasteiger partial charge on any atom is 0.0625 e. The second kappa shape index (κ2) is 6.93. The van der Waals surface area contributed by atoms with Gasteiger partial charge in [-0.25, -0.2) is 0 Å². The van der Waals surface area contributed by atoms with Crippen LogP contribution in [0.3, 0.4) is 0 Å². The highest BCUT2D eigenvalue weighted by Gasteiger charge is 2.37. The number of hydrogen-bond donors (Lipinski definition) is 1. The van der Waals surface area contributed by atoms with Crippen LogP contribution in [0.25, 0.3) is 0 Å². The molecule has 0 unspecified atom stereocenters. The lowest BCUT2D eigenvalue weighted by atomic mass is 9.76. The normalized spacial score (nSPS) is 26.5. The van der Waals surface area contributed by atoms with Crippen molar-refractivity contribution in [3.05, 3.63) is 17.5 Å². The number of likely N-dealkylation sites (N-methyl/N-ethyl adjacent to an activating group) is 1. The van der Waals surface area contributed by atoms with Crippen LogP contribution < -0.4 is 5.73 Å². The number of nitrogens with zero attached hydrogens (tertiary/aromatic N) is 3. The Morgan fingerprint density at radius 1 is 1.38 bits per heavy atom. The molecule has 1 fully saturated rings. The standard InChI is InChI=1S/C17H32N4/c1-5-15-11-16(20(4)19-15)12-21(6-2)17(13-18)9-7-14(3)8-10-17/h11,14H,5-10,12-13,18H2,1-4H3.